The minimum absolute atomic E-state index is 0.0955. The normalized spacial score (nSPS) is 15.7. The lowest BCUT2D eigenvalue weighted by Crippen LogP contribution is -2.35. The molecule has 3 rings (SSSR count). The van der Waals surface area contributed by atoms with Crippen LogP contribution in [-0.2, 0) is 9.59 Å². The molecule has 0 spiro atoms. The van der Waals surface area contributed by atoms with Gasteiger partial charge in [-0.3, -0.25) is 14.5 Å². The molecule has 0 bridgehead atoms. The number of nitrogens with one attached hydrogen (secondary N) is 1. The van der Waals surface area contributed by atoms with E-state index in [1.54, 1.807) is 37.5 Å². The quantitative estimate of drug-likeness (QED) is 0.609. The number of halogens is 1. The molecule has 2 aromatic rings. The predicted molar refractivity (Wildman–Crippen MR) is 128 cm³/mol. The molecule has 1 heterocycles. The summed E-state index contributed by atoms with van der Waals surface area (Å²) >= 11 is 7.23. The summed E-state index contributed by atoms with van der Waals surface area (Å²) in [6, 6.07) is 14.4. The zero-order valence-corrected chi connectivity index (χ0v) is 19.2. The Morgan fingerprint density at radius 1 is 1.23 bits per heavy atom. The number of amides is 2. The minimum Gasteiger partial charge on any atom is -0.497 e. The molecule has 1 aliphatic rings. The molecule has 0 aliphatic carbocycles. The van der Waals surface area contributed by atoms with Crippen molar-refractivity contribution < 1.29 is 14.3 Å². The van der Waals surface area contributed by atoms with Gasteiger partial charge in [-0.05, 0) is 61.4 Å². The molecule has 0 fully saturated rings. The molecule has 8 heteroatoms. The van der Waals surface area contributed by atoms with Crippen molar-refractivity contribution in [2.45, 2.75) is 26.3 Å². The Morgan fingerprint density at radius 2 is 1.90 bits per heavy atom. The van der Waals surface area contributed by atoms with E-state index in [1.165, 1.54) is 16.7 Å². The van der Waals surface area contributed by atoms with Crippen LogP contribution in [0.4, 0.5) is 5.69 Å². The molecular weight excluding hydrogens is 434 g/mol. The van der Waals surface area contributed by atoms with Crippen molar-refractivity contribution in [3.05, 3.63) is 64.8 Å². The van der Waals surface area contributed by atoms with Crippen molar-refractivity contribution >= 4 is 52.1 Å². The van der Waals surface area contributed by atoms with Gasteiger partial charge in [-0.1, -0.05) is 42.4 Å². The number of ether oxygens (including phenoxy) is 1. The van der Waals surface area contributed by atoms with Gasteiger partial charge >= 0.3 is 0 Å². The van der Waals surface area contributed by atoms with Gasteiger partial charge in [0.1, 0.15) is 11.4 Å². The van der Waals surface area contributed by atoms with Gasteiger partial charge in [0.15, 0.2) is 5.17 Å². The maximum Gasteiger partial charge on any atom is 0.283 e. The van der Waals surface area contributed by atoms with E-state index in [0.717, 1.165) is 17.7 Å². The smallest absolute Gasteiger partial charge is 0.283 e. The number of anilines is 1. The topological polar surface area (TPSA) is 71.0 Å². The minimum atomic E-state index is -0.261. The molecule has 0 radical (unpaired) electrons. The molecule has 0 saturated heterocycles. The fourth-order valence-electron chi connectivity index (χ4n) is 2.82. The monoisotopic (exact) mass is 457 g/mol. The van der Waals surface area contributed by atoms with Gasteiger partial charge in [-0.25, -0.2) is 4.99 Å². The van der Waals surface area contributed by atoms with E-state index in [0.29, 0.717) is 21.6 Å². The second-order valence-electron chi connectivity index (χ2n) is 6.98. The number of carbonyl (C=O) groups excluding carboxylic acids is 2. The molecule has 0 saturated carbocycles. The van der Waals surface area contributed by atoms with Crippen LogP contribution in [0.1, 0.15) is 25.8 Å². The molecule has 1 N–H and O–H groups in total. The average Bonchev–Trinajstić information content (AvgIpc) is 3.08. The van der Waals surface area contributed by atoms with Crippen LogP contribution in [0.3, 0.4) is 0 Å². The number of methoxy groups -OCH3 is 1. The van der Waals surface area contributed by atoms with E-state index >= 15 is 0 Å². The molecule has 1 aliphatic heterocycles. The lowest BCUT2D eigenvalue weighted by Gasteiger charge is -2.18. The van der Waals surface area contributed by atoms with E-state index in [1.807, 2.05) is 38.1 Å². The van der Waals surface area contributed by atoms with Gasteiger partial charge in [0.05, 0.1) is 18.6 Å². The van der Waals surface area contributed by atoms with Crippen molar-refractivity contribution in [3.8, 4) is 5.75 Å². The van der Waals surface area contributed by atoms with Crippen LogP contribution in [0.15, 0.2) is 59.2 Å². The zero-order valence-electron chi connectivity index (χ0n) is 17.6. The predicted octanol–water partition coefficient (Wildman–Crippen LogP) is 4.74. The first-order chi connectivity index (χ1) is 14.9. The number of hydrogen-bond donors (Lipinski definition) is 1. The van der Waals surface area contributed by atoms with Crippen molar-refractivity contribution in [1.29, 1.82) is 0 Å². The molecule has 162 valence electrons. The summed E-state index contributed by atoms with van der Waals surface area (Å²) in [6.07, 6.45) is 2.57. The SMILES string of the molecule is CCC(C)NC(=O)CSC1=N/C(=C\c2ccc(OC)cc2)C(=O)N1c1ccc(Cl)cc1. The molecule has 1 unspecified atom stereocenters. The summed E-state index contributed by atoms with van der Waals surface area (Å²) in [5.41, 5.74) is 1.76. The van der Waals surface area contributed by atoms with Gasteiger partial charge in [-0.15, -0.1) is 0 Å². The molecule has 1 atom stereocenters. The summed E-state index contributed by atoms with van der Waals surface area (Å²) in [4.78, 5) is 31.4. The van der Waals surface area contributed by atoms with E-state index in [4.69, 9.17) is 16.3 Å². The van der Waals surface area contributed by atoms with Crippen molar-refractivity contribution in [1.82, 2.24) is 5.32 Å². The highest BCUT2D eigenvalue weighted by atomic mass is 35.5. The fourth-order valence-corrected chi connectivity index (χ4v) is 3.77. The Morgan fingerprint density at radius 3 is 2.52 bits per heavy atom. The van der Waals surface area contributed by atoms with E-state index in [9.17, 15) is 9.59 Å². The maximum atomic E-state index is 13.2. The van der Waals surface area contributed by atoms with E-state index in [2.05, 4.69) is 10.3 Å². The van der Waals surface area contributed by atoms with Crippen LogP contribution in [0.5, 0.6) is 5.75 Å². The van der Waals surface area contributed by atoms with Crippen LogP contribution in [0.2, 0.25) is 5.02 Å². The lowest BCUT2D eigenvalue weighted by molar-refractivity contribution is -0.119. The van der Waals surface area contributed by atoms with E-state index < -0.39 is 0 Å². The van der Waals surface area contributed by atoms with Gasteiger partial charge < -0.3 is 10.1 Å². The Labute approximate surface area is 191 Å². The largest absolute Gasteiger partial charge is 0.497 e. The van der Waals surface area contributed by atoms with Crippen LogP contribution < -0.4 is 15.0 Å². The Hall–Kier alpha value is -2.77. The van der Waals surface area contributed by atoms with Crippen LogP contribution >= 0.6 is 23.4 Å². The molecular formula is C23H24ClN3O3S. The molecule has 31 heavy (non-hydrogen) atoms. The third-order valence-corrected chi connectivity index (χ3v) is 5.88. The highest BCUT2D eigenvalue weighted by Crippen LogP contribution is 2.30. The average molecular weight is 458 g/mol. The first-order valence-electron chi connectivity index (χ1n) is 9.88. The Kier molecular flexibility index (Phi) is 7.76. The molecule has 0 aromatic heterocycles. The fraction of sp³-hybridized carbons (Fsp3) is 0.261. The maximum absolute atomic E-state index is 13.2. The summed E-state index contributed by atoms with van der Waals surface area (Å²) in [5, 5.41) is 3.95. The van der Waals surface area contributed by atoms with Crippen LogP contribution in [0.25, 0.3) is 6.08 Å². The zero-order chi connectivity index (χ0) is 22.4. The van der Waals surface area contributed by atoms with Crippen LogP contribution in [0, 0.1) is 0 Å². The first kappa shape index (κ1) is 22.9. The number of carbonyl (C=O) groups is 2. The second-order valence-corrected chi connectivity index (χ2v) is 8.36. The van der Waals surface area contributed by atoms with Gasteiger partial charge in [-0.2, -0.15) is 0 Å². The van der Waals surface area contributed by atoms with E-state index in [-0.39, 0.29) is 23.6 Å². The number of aliphatic imine (C=N–C) groups is 1. The third kappa shape index (κ3) is 5.89. The molecule has 2 aromatic carbocycles. The van der Waals surface area contributed by atoms with Gasteiger partial charge in [0, 0.05) is 11.1 Å². The first-order valence-corrected chi connectivity index (χ1v) is 11.2. The molecule has 2 amide bonds. The number of benzene rings is 2. The number of amidine groups is 1. The number of hydrogen-bond acceptors (Lipinski definition) is 5. The van der Waals surface area contributed by atoms with Gasteiger partial charge in [0.2, 0.25) is 5.91 Å². The van der Waals surface area contributed by atoms with Crippen LogP contribution in [-0.4, -0.2) is 35.9 Å². The Bertz CT molecular complexity index is 1000. The lowest BCUT2D eigenvalue weighted by atomic mass is 10.2. The summed E-state index contributed by atoms with van der Waals surface area (Å²) < 4.78 is 5.18. The number of thioether (sulfide) groups is 1. The highest BCUT2D eigenvalue weighted by molar-refractivity contribution is 8.14. The van der Waals surface area contributed by atoms with Crippen molar-refractivity contribution in [2.24, 2.45) is 4.99 Å². The van der Waals surface area contributed by atoms with Crippen molar-refractivity contribution in [2.75, 3.05) is 17.8 Å². The van der Waals surface area contributed by atoms with Crippen molar-refractivity contribution in [3.63, 3.8) is 0 Å². The summed E-state index contributed by atoms with van der Waals surface area (Å²) in [5.74, 6) is 0.534. The number of rotatable bonds is 7. The second kappa shape index (κ2) is 10.5. The van der Waals surface area contributed by atoms with Gasteiger partial charge in [0.25, 0.3) is 5.91 Å². The summed E-state index contributed by atoms with van der Waals surface area (Å²) in [7, 11) is 1.60. The molecule has 6 nitrogen and oxygen atoms in total. The Balaban J connectivity index is 1.86. The number of nitrogens with zero attached hydrogens (tertiary/aromatic N) is 2. The third-order valence-electron chi connectivity index (χ3n) is 4.69. The summed E-state index contributed by atoms with van der Waals surface area (Å²) in [6.45, 7) is 3.96. The standard InChI is InChI=1S/C23H24ClN3O3S/c1-4-15(2)25-21(28)14-31-23-26-20(13-16-5-11-19(30-3)12-6-16)22(29)27(23)18-9-7-17(24)8-10-18/h5-13,15H,4,14H2,1-3H3,(H,25,28)/b20-13-. The highest BCUT2D eigenvalue weighted by Gasteiger charge is 2.32.